The number of piperidine rings is 1. The molecule has 0 aliphatic carbocycles. The first-order valence-corrected chi connectivity index (χ1v) is 6.50. The van der Waals surface area contributed by atoms with Gasteiger partial charge in [0.15, 0.2) is 0 Å². The van der Waals surface area contributed by atoms with Crippen LogP contribution in [-0.4, -0.2) is 46.9 Å². The summed E-state index contributed by atoms with van der Waals surface area (Å²) >= 11 is 0. The Hall–Kier alpha value is -1.36. The first kappa shape index (κ1) is 13.1. The lowest BCUT2D eigenvalue weighted by Gasteiger charge is -2.34. The predicted octanol–water partition coefficient (Wildman–Crippen LogP) is 1.16. The highest BCUT2D eigenvalue weighted by atomic mass is 16.5. The molecule has 0 saturated carbocycles. The van der Waals surface area contributed by atoms with Gasteiger partial charge in [-0.05, 0) is 44.8 Å². The molecule has 5 nitrogen and oxygen atoms in total. The number of ether oxygens (including phenoxy) is 1. The zero-order valence-corrected chi connectivity index (χ0v) is 11.1. The first-order valence-electron chi connectivity index (χ1n) is 6.50. The lowest BCUT2D eigenvalue weighted by molar-refractivity contribution is -0.146. The van der Waals surface area contributed by atoms with Crippen LogP contribution in [0.2, 0.25) is 0 Å². The molecule has 1 fully saturated rings. The maximum Gasteiger partial charge on any atom is 0.322 e. The SMILES string of the molecule is COC(=O)[C@H](C)N1CCC(Cn2cccn2)CC1. The van der Waals surface area contributed by atoms with E-state index >= 15 is 0 Å². The summed E-state index contributed by atoms with van der Waals surface area (Å²) in [6.45, 7) is 4.82. The average molecular weight is 251 g/mol. The smallest absolute Gasteiger partial charge is 0.322 e. The Bertz CT molecular complexity index is 370. The standard InChI is InChI=1S/C13H21N3O2/c1-11(13(17)18-2)15-8-4-12(5-9-15)10-16-7-3-6-14-16/h3,6-7,11-12H,4-5,8-10H2,1-2H3/t11-/m0/s1. The lowest BCUT2D eigenvalue weighted by atomic mass is 9.96. The molecule has 0 unspecified atom stereocenters. The summed E-state index contributed by atoms with van der Waals surface area (Å²) in [4.78, 5) is 13.7. The third kappa shape index (κ3) is 3.10. The van der Waals surface area contributed by atoms with Crippen molar-refractivity contribution in [2.45, 2.75) is 32.4 Å². The normalized spacial score (nSPS) is 19.7. The van der Waals surface area contributed by atoms with Crippen molar-refractivity contribution in [1.29, 1.82) is 0 Å². The number of hydrogen-bond acceptors (Lipinski definition) is 4. The maximum absolute atomic E-state index is 11.5. The average Bonchev–Trinajstić information content (AvgIpc) is 2.91. The van der Waals surface area contributed by atoms with E-state index in [1.807, 2.05) is 30.1 Å². The monoisotopic (exact) mass is 251 g/mol. The fourth-order valence-corrected chi connectivity index (χ4v) is 2.52. The number of carbonyl (C=O) groups excluding carboxylic acids is 1. The summed E-state index contributed by atoms with van der Waals surface area (Å²) in [5, 5.41) is 4.23. The first-order chi connectivity index (χ1) is 8.70. The Balaban J connectivity index is 1.79. The largest absolute Gasteiger partial charge is 0.468 e. The molecule has 5 heteroatoms. The topological polar surface area (TPSA) is 47.4 Å². The van der Waals surface area contributed by atoms with Crippen LogP contribution in [0, 0.1) is 5.92 Å². The molecule has 1 atom stereocenters. The van der Waals surface area contributed by atoms with Gasteiger partial charge in [0.1, 0.15) is 6.04 Å². The molecular weight excluding hydrogens is 230 g/mol. The van der Waals surface area contributed by atoms with E-state index in [-0.39, 0.29) is 12.0 Å². The van der Waals surface area contributed by atoms with Gasteiger partial charge in [0.05, 0.1) is 7.11 Å². The lowest BCUT2D eigenvalue weighted by Crippen LogP contribution is -2.44. The fourth-order valence-electron chi connectivity index (χ4n) is 2.52. The van der Waals surface area contributed by atoms with Gasteiger partial charge in [-0.3, -0.25) is 14.4 Å². The quantitative estimate of drug-likeness (QED) is 0.753. The van der Waals surface area contributed by atoms with Crippen LogP contribution >= 0.6 is 0 Å². The summed E-state index contributed by atoms with van der Waals surface area (Å²) < 4.78 is 6.77. The zero-order valence-electron chi connectivity index (χ0n) is 11.1. The zero-order chi connectivity index (χ0) is 13.0. The summed E-state index contributed by atoms with van der Waals surface area (Å²) in [7, 11) is 1.45. The van der Waals surface area contributed by atoms with E-state index in [4.69, 9.17) is 4.74 Å². The van der Waals surface area contributed by atoms with Gasteiger partial charge < -0.3 is 4.74 Å². The molecule has 1 aromatic heterocycles. The minimum atomic E-state index is -0.138. The summed E-state index contributed by atoms with van der Waals surface area (Å²) in [6.07, 6.45) is 6.04. The van der Waals surface area contributed by atoms with E-state index in [0.29, 0.717) is 5.92 Å². The molecule has 0 radical (unpaired) electrons. The van der Waals surface area contributed by atoms with Crippen LogP contribution < -0.4 is 0 Å². The Morgan fingerprint density at radius 3 is 2.78 bits per heavy atom. The number of esters is 1. The van der Waals surface area contributed by atoms with Gasteiger partial charge in [-0.15, -0.1) is 0 Å². The molecule has 1 aliphatic heterocycles. The number of nitrogens with zero attached hydrogens (tertiary/aromatic N) is 3. The van der Waals surface area contributed by atoms with Crippen LogP contribution in [-0.2, 0) is 16.1 Å². The molecule has 0 bridgehead atoms. The summed E-state index contributed by atoms with van der Waals surface area (Å²) in [5.74, 6) is 0.520. The Kier molecular flexibility index (Phi) is 4.36. The third-order valence-electron chi connectivity index (χ3n) is 3.74. The molecule has 18 heavy (non-hydrogen) atoms. The van der Waals surface area contributed by atoms with Crippen LogP contribution in [0.4, 0.5) is 0 Å². The maximum atomic E-state index is 11.5. The van der Waals surface area contributed by atoms with Gasteiger partial charge >= 0.3 is 5.97 Å². The highest BCUT2D eigenvalue weighted by molar-refractivity contribution is 5.75. The third-order valence-corrected chi connectivity index (χ3v) is 3.74. The van der Waals surface area contributed by atoms with E-state index in [9.17, 15) is 4.79 Å². The number of carbonyl (C=O) groups is 1. The van der Waals surface area contributed by atoms with E-state index < -0.39 is 0 Å². The molecule has 0 amide bonds. The van der Waals surface area contributed by atoms with E-state index in [2.05, 4.69) is 10.00 Å². The van der Waals surface area contributed by atoms with Crippen LogP contribution in [0.15, 0.2) is 18.5 Å². The van der Waals surface area contributed by atoms with Crippen LogP contribution in [0.1, 0.15) is 19.8 Å². The number of likely N-dealkylation sites (tertiary alicyclic amines) is 1. The van der Waals surface area contributed by atoms with Crippen LogP contribution in [0.5, 0.6) is 0 Å². The van der Waals surface area contributed by atoms with Crippen molar-refractivity contribution in [3.05, 3.63) is 18.5 Å². The van der Waals surface area contributed by atoms with E-state index in [0.717, 1.165) is 32.5 Å². The van der Waals surface area contributed by atoms with Crippen molar-refractivity contribution in [2.75, 3.05) is 20.2 Å². The Labute approximate surface area is 108 Å². The van der Waals surface area contributed by atoms with Crippen molar-refractivity contribution in [1.82, 2.24) is 14.7 Å². The Morgan fingerprint density at radius 1 is 1.50 bits per heavy atom. The van der Waals surface area contributed by atoms with Crippen molar-refractivity contribution in [3.8, 4) is 0 Å². The molecule has 2 rings (SSSR count). The minimum absolute atomic E-state index is 0.124. The van der Waals surface area contributed by atoms with Crippen molar-refractivity contribution < 1.29 is 9.53 Å². The van der Waals surface area contributed by atoms with E-state index in [1.165, 1.54) is 7.11 Å². The van der Waals surface area contributed by atoms with Gasteiger partial charge in [0.25, 0.3) is 0 Å². The number of methoxy groups -OCH3 is 1. The molecule has 2 heterocycles. The van der Waals surface area contributed by atoms with Gasteiger partial charge in [0.2, 0.25) is 0 Å². The number of aromatic nitrogens is 2. The summed E-state index contributed by atoms with van der Waals surface area (Å²) in [5.41, 5.74) is 0. The highest BCUT2D eigenvalue weighted by Crippen LogP contribution is 2.20. The van der Waals surface area contributed by atoms with Gasteiger partial charge in [-0.25, -0.2) is 0 Å². The highest BCUT2D eigenvalue weighted by Gasteiger charge is 2.27. The molecule has 0 N–H and O–H groups in total. The molecule has 100 valence electrons. The fraction of sp³-hybridized carbons (Fsp3) is 0.692. The van der Waals surface area contributed by atoms with Crippen LogP contribution in [0.3, 0.4) is 0 Å². The van der Waals surface area contributed by atoms with Gasteiger partial charge in [0, 0.05) is 18.9 Å². The van der Waals surface area contributed by atoms with E-state index in [1.54, 1.807) is 0 Å². The van der Waals surface area contributed by atoms with Gasteiger partial charge in [-0.1, -0.05) is 0 Å². The molecule has 1 aliphatic rings. The van der Waals surface area contributed by atoms with Crippen LogP contribution in [0.25, 0.3) is 0 Å². The second-order valence-electron chi connectivity index (χ2n) is 4.91. The molecule has 1 aromatic rings. The molecule has 0 aromatic carbocycles. The molecule has 0 spiro atoms. The Morgan fingerprint density at radius 2 is 2.22 bits per heavy atom. The molecule has 1 saturated heterocycles. The summed E-state index contributed by atoms with van der Waals surface area (Å²) in [6, 6.07) is 1.83. The second-order valence-corrected chi connectivity index (χ2v) is 4.91. The van der Waals surface area contributed by atoms with Crippen molar-refractivity contribution in [3.63, 3.8) is 0 Å². The van der Waals surface area contributed by atoms with Crippen molar-refractivity contribution >= 4 is 5.97 Å². The predicted molar refractivity (Wildman–Crippen MR) is 68.0 cm³/mol. The number of hydrogen-bond donors (Lipinski definition) is 0. The minimum Gasteiger partial charge on any atom is -0.468 e. The second kappa shape index (κ2) is 6.00. The number of rotatable bonds is 4. The van der Waals surface area contributed by atoms with Crippen molar-refractivity contribution in [2.24, 2.45) is 5.92 Å². The molecular formula is C13H21N3O2. The van der Waals surface area contributed by atoms with Gasteiger partial charge in [-0.2, -0.15) is 5.10 Å².